The molecule has 1 aromatic rings. The van der Waals surface area contributed by atoms with E-state index in [1.807, 2.05) is 6.07 Å². The number of hydrogen-bond donors (Lipinski definition) is 2. The van der Waals surface area contributed by atoms with Gasteiger partial charge in [0.2, 0.25) is 0 Å². The lowest BCUT2D eigenvalue weighted by atomic mass is 9.83. The van der Waals surface area contributed by atoms with Gasteiger partial charge >= 0.3 is 0 Å². The van der Waals surface area contributed by atoms with Crippen molar-refractivity contribution in [2.75, 3.05) is 17.2 Å². The van der Waals surface area contributed by atoms with Crippen LogP contribution in [0.25, 0.3) is 0 Å². The highest BCUT2D eigenvalue weighted by molar-refractivity contribution is 5.49. The molecule has 1 aliphatic rings. The monoisotopic (exact) mass is 290 g/mol. The lowest BCUT2D eigenvalue weighted by Crippen LogP contribution is -2.37. The smallest absolute Gasteiger partial charge is 0.138 e. The van der Waals surface area contributed by atoms with Crippen molar-refractivity contribution in [3.05, 3.63) is 11.9 Å². The van der Waals surface area contributed by atoms with Crippen LogP contribution in [0.5, 0.6) is 0 Å². The molecule has 1 saturated carbocycles. The minimum atomic E-state index is -0.0463. The number of nitrogens with one attached hydrogen (secondary N) is 2. The molecule has 2 N–H and O–H groups in total. The van der Waals surface area contributed by atoms with Crippen molar-refractivity contribution in [1.82, 2.24) is 9.97 Å². The summed E-state index contributed by atoms with van der Waals surface area (Å²) in [4.78, 5) is 9.41. The zero-order valence-corrected chi connectivity index (χ0v) is 14.2. The Bertz CT molecular complexity index is 470. The summed E-state index contributed by atoms with van der Waals surface area (Å²) in [5.41, 5.74) is 0.126. The van der Waals surface area contributed by atoms with E-state index in [1.54, 1.807) is 0 Å². The molecule has 0 aliphatic heterocycles. The fourth-order valence-corrected chi connectivity index (χ4v) is 2.88. The average molecular weight is 290 g/mol. The van der Waals surface area contributed by atoms with Crippen molar-refractivity contribution in [1.29, 1.82) is 0 Å². The van der Waals surface area contributed by atoms with Gasteiger partial charge in [0.25, 0.3) is 0 Å². The Morgan fingerprint density at radius 1 is 1.10 bits per heavy atom. The van der Waals surface area contributed by atoms with Crippen LogP contribution in [0.1, 0.15) is 72.5 Å². The molecule has 4 heteroatoms. The highest BCUT2D eigenvalue weighted by atomic mass is 15.1. The van der Waals surface area contributed by atoms with Crippen molar-refractivity contribution in [3.63, 3.8) is 0 Å². The van der Waals surface area contributed by atoms with Gasteiger partial charge < -0.3 is 10.6 Å². The second-order valence-corrected chi connectivity index (χ2v) is 7.49. The fraction of sp³-hybridized carbons (Fsp3) is 0.765. The Morgan fingerprint density at radius 3 is 2.29 bits per heavy atom. The predicted octanol–water partition coefficient (Wildman–Crippen LogP) is 4.34. The first-order chi connectivity index (χ1) is 9.82. The molecule has 0 saturated heterocycles. The van der Waals surface area contributed by atoms with Crippen molar-refractivity contribution in [2.24, 2.45) is 0 Å². The van der Waals surface area contributed by atoms with Gasteiger partial charge in [-0.2, -0.15) is 0 Å². The van der Waals surface area contributed by atoms with Crippen LogP contribution in [0.3, 0.4) is 0 Å². The number of rotatable bonds is 4. The zero-order chi connectivity index (χ0) is 15.5. The van der Waals surface area contributed by atoms with E-state index in [-0.39, 0.29) is 11.0 Å². The third kappa shape index (κ3) is 4.32. The van der Waals surface area contributed by atoms with E-state index in [2.05, 4.69) is 50.2 Å². The zero-order valence-electron chi connectivity index (χ0n) is 14.2. The SMILES string of the molecule is CCNc1cc(NC2(C)CCCCC2)nc(C(C)(C)C)n1. The normalized spacial score (nSPS) is 18.3. The largest absolute Gasteiger partial charge is 0.370 e. The third-order valence-corrected chi connectivity index (χ3v) is 4.14. The van der Waals surface area contributed by atoms with Gasteiger partial charge in [0.05, 0.1) is 0 Å². The molecule has 1 aliphatic carbocycles. The Labute approximate surface area is 129 Å². The molecule has 0 unspecified atom stereocenters. The van der Waals surface area contributed by atoms with E-state index in [9.17, 15) is 0 Å². The summed E-state index contributed by atoms with van der Waals surface area (Å²) in [6.07, 6.45) is 6.41. The lowest BCUT2D eigenvalue weighted by Gasteiger charge is -2.35. The van der Waals surface area contributed by atoms with Crippen LogP contribution in [0.4, 0.5) is 11.6 Å². The first kappa shape index (κ1) is 16.1. The van der Waals surface area contributed by atoms with Crippen LogP contribution in [0.2, 0.25) is 0 Å². The van der Waals surface area contributed by atoms with E-state index in [0.29, 0.717) is 0 Å². The minimum absolute atomic E-state index is 0.0463. The summed E-state index contributed by atoms with van der Waals surface area (Å²) in [5.74, 6) is 2.76. The maximum Gasteiger partial charge on any atom is 0.138 e. The predicted molar refractivity (Wildman–Crippen MR) is 90.0 cm³/mol. The Morgan fingerprint density at radius 2 is 1.71 bits per heavy atom. The van der Waals surface area contributed by atoms with Crippen molar-refractivity contribution in [2.45, 2.75) is 77.7 Å². The van der Waals surface area contributed by atoms with Crippen LogP contribution in [-0.4, -0.2) is 22.1 Å². The van der Waals surface area contributed by atoms with Crippen LogP contribution < -0.4 is 10.6 Å². The number of aromatic nitrogens is 2. The lowest BCUT2D eigenvalue weighted by molar-refractivity contribution is 0.348. The molecule has 1 fully saturated rings. The summed E-state index contributed by atoms with van der Waals surface area (Å²) >= 11 is 0. The summed E-state index contributed by atoms with van der Waals surface area (Å²) < 4.78 is 0. The molecule has 0 aromatic carbocycles. The van der Waals surface area contributed by atoms with Gasteiger partial charge in [0, 0.05) is 23.6 Å². The number of anilines is 2. The summed E-state index contributed by atoms with van der Waals surface area (Å²) in [5, 5.41) is 7.00. The summed E-state index contributed by atoms with van der Waals surface area (Å²) in [6.45, 7) is 11.8. The molecule has 118 valence electrons. The standard InChI is InChI=1S/C17H30N4/c1-6-18-13-12-14(20-15(19-13)16(2,3)4)21-17(5)10-8-7-9-11-17/h12H,6-11H2,1-5H3,(H2,18,19,20,21). The second kappa shape index (κ2) is 6.20. The molecule has 2 rings (SSSR count). The van der Waals surface area contributed by atoms with Crippen LogP contribution in [0, 0.1) is 0 Å². The molecule has 0 atom stereocenters. The number of hydrogen-bond acceptors (Lipinski definition) is 4. The highest BCUT2D eigenvalue weighted by Gasteiger charge is 2.28. The Kier molecular flexibility index (Phi) is 4.74. The van der Waals surface area contributed by atoms with Crippen LogP contribution in [-0.2, 0) is 5.41 Å². The van der Waals surface area contributed by atoms with Gasteiger partial charge in [-0.3, -0.25) is 0 Å². The molecular formula is C17H30N4. The molecule has 1 aromatic heterocycles. The first-order valence-corrected chi connectivity index (χ1v) is 8.24. The summed E-state index contributed by atoms with van der Waals surface area (Å²) in [7, 11) is 0. The molecule has 0 spiro atoms. The topological polar surface area (TPSA) is 49.8 Å². The second-order valence-electron chi connectivity index (χ2n) is 7.49. The molecule has 0 radical (unpaired) electrons. The van der Waals surface area contributed by atoms with Gasteiger partial charge in [0.15, 0.2) is 0 Å². The molecule has 21 heavy (non-hydrogen) atoms. The molecule has 0 bridgehead atoms. The fourth-order valence-electron chi connectivity index (χ4n) is 2.88. The van der Waals surface area contributed by atoms with Crippen molar-refractivity contribution < 1.29 is 0 Å². The quantitative estimate of drug-likeness (QED) is 0.866. The van der Waals surface area contributed by atoms with Gasteiger partial charge in [-0.15, -0.1) is 0 Å². The maximum atomic E-state index is 4.76. The number of nitrogens with zero attached hydrogens (tertiary/aromatic N) is 2. The van der Waals surface area contributed by atoms with Crippen molar-refractivity contribution >= 4 is 11.6 Å². The minimum Gasteiger partial charge on any atom is -0.370 e. The molecule has 0 amide bonds. The van der Waals surface area contributed by atoms with Crippen molar-refractivity contribution in [3.8, 4) is 0 Å². The molecule has 1 heterocycles. The van der Waals surface area contributed by atoms with E-state index < -0.39 is 0 Å². The van der Waals surface area contributed by atoms with Gasteiger partial charge in [-0.05, 0) is 26.7 Å². The maximum absolute atomic E-state index is 4.76. The molecule has 4 nitrogen and oxygen atoms in total. The third-order valence-electron chi connectivity index (χ3n) is 4.14. The van der Waals surface area contributed by atoms with E-state index >= 15 is 0 Å². The van der Waals surface area contributed by atoms with E-state index in [1.165, 1.54) is 32.1 Å². The average Bonchev–Trinajstić information content (AvgIpc) is 2.38. The van der Waals surface area contributed by atoms with Crippen LogP contribution >= 0.6 is 0 Å². The molecular weight excluding hydrogens is 260 g/mol. The Balaban J connectivity index is 2.27. The Hall–Kier alpha value is -1.32. The highest BCUT2D eigenvalue weighted by Crippen LogP contribution is 2.32. The van der Waals surface area contributed by atoms with Crippen LogP contribution in [0.15, 0.2) is 6.07 Å². The van der Waals surface area contributed by atoms with Gasteiger partial charge in [-0.25, -0.2) is 9.97 Å². The van der Waals surface area contributed by atoms with Gasteiger partial charge in [0.1, 0.15) is 17.5 Å². The first-order valence-electron chi connectivity index (χ1n) is 8.24. The van der Waals surface area contributed by atoms with E-state index in [0.717, 1.165) is 24.0 Å². The summed E-state index contributed by atoms with van der Waals surface area (Å²) in [6, 6.07) is 2.04. The van der Waals surface area contributed by atoms with E-state index in [4.69, 9.17) is 4.98 Å². The van der Waals surface area contributed by atoms with Gasteiger partial charge in [-0.1, -0.05) is 40.0 Å².